The fourth-order valence-corrected chi connectivity index (χ4v) is 6.43. The first-order chi connectivity index (χ1) is 22.4. The number of amides is 2. The maximum Gasteiger partial charge on any atom is 0.237 e. The van der Waals surface area contributed by atoms with Gasteiger partial charge in [0, 0.05) is 59.6 Å². The number of benzene rings is 2. The van der Waals surface area contributed by atoms with Gasteiger partial charge in [0.2, 0.25) is 23.6 Å². The average Bonchev–Trinajstić information content (AvgIpc) is 3.69. The molecule has 2 aliphatic heterocycles. The van der Waals surface area contributed by atoms with Crippen molar-refractivity contribution in [1.29, 1.82) is 0 Å². The molecule has 2 amide bonds. The highest BCUT2D eigenvalue weighted by molar-refractivity contribution is 6.39. The summed E-state index contributed by atoms with van der Waals surface area (Å²) in [4.78, 5) is 33.4. The average molecular weight is 662 g/mol. The first kappa shape index (κ1) is 31.7. The van der Waals surface area contributed by atoms with Gasteiger partial charge < -0.3 is 30.7 Å². The molecule has 2 saturated heterocycles. The summed E-state index contributed by atoms with van der Waals surface area (Å²) >= 11 is 14.1. The number of pyridine rings is 2. The van der Waals surface area contributed by atoms with Crippen LogP contribution >= 0.6 is 23.2 Å². The molecule has 238 valence electrons. The van der Waals surface area contributed by atoms with E-state index in [4.69, 9.17) is 42.6 Å². The summed E-state index contributed by atoms with van der Waals surface area (Å²) < 4.78 is 11.2. The molecule has 2 aromatic carbocycles. The summed E-state index contributed by atoms with van der Waals surface area (Å²) in [5, 5.41) is 13.2. The summed E-state index contributed by atoms with van der Waals surface area (Å²) in [6.07, 6.45) is 1.49. The molecule has 2 aliphatic rings. The zero-order valence-corrected chi connectivity index (χ0v) is 27.0. The monoisotopic (exact) mass is 660 g/mol. The quantitative estimate of drug-likeness (QED) is 0.181. The number of nitrogens with zero attached hydrogens (tertiary/aromatic N) is 2. The van der Waals surface area contributed by atoms with E-state index in [0.29, 0.717) is 59.4 Å². The van der Waals surface area contributed by atoms with Gasteiger partial charge in [-0.1, -0.05) is 71.7 Å². The van der Waals surface area contributed by atoms with Gasteiger partial charge in [0.15, 0.2) is 0 Å². The number of hydrogen-bond donors (Lipinski definition) is 4. The molecular formula is C34H34Cl2N6O4. The Labute approximate surface area is 277 Å². The molecule has 4 N–H and O–H groups in total. The third kappa shape index (κ3) is 6.52. The molecule has 2 atom stereocenters. The van der Waals surface area contributed by atoms with Crippen LogP contribution in [0.3, 0.4) is 0 Å². The molecule has 0 bridgehead atoms. The molecule has 12 heteroatoms. The second-order valence-electron chi connectivity index (χ2n) is 11.1. The highest BCUT2D eigenvalue weighted by atomic mass is 35.5. The van der Waals surface area contributed by atoms with E-state index in [-0.39, 0.29) is 23.9 Å². The normalized spacial score (nSPS) is 17.6. The molecule has 0 aliphatic carbocycles. The minimum Gasteiger partial charge on any atom is -0.481 e. The van der Waals surface area contributed by atoms with Gasteiger partial charge in [-0.25, -0.2) is 9.97 Å². The summed E-state index contributed by atoms with van der Waals surface area (Å²) in [6, 6.07) is 18.7. The van der Waals surface area contributed by atoms with E-state index in [2.05, 4.69) is 21.3 Å². The fourth-order valence-electron chi connectivity index (χ4n) is 5.78. The zero-order chi connectivity index (χ0) is 32.2. The van der Waals surface area contributed by atoms with E-state index in [1.165, 1.54) is 0 Å². The third-order valence-corrected chi connectivity index (χ3v) is 9.09. The van der Waals surface area contributed by atoms with Crippen molar-refractivity contribution in [2.24, 2.45) is 0 Å². The van der Waals surface area contributed by atoms with Crippen LogP contribution in [0, 0.1) is 0 Å². The summed E-state index contributed by atoms with van der Waals surface area (Å²) in [6.45, 7) is 2.23. The molecule has 4 heterocycles. The lowest BCUT2D eigenvalue weighted by atomic mass is 9.98. The van der Waals surface area contributed by atoms with Crippen molar-refractivity contribution >= 4 is 35.0 Å². The van der Waals surface area contributed by atoms with Crippen LogP contribution in [0.1, 0.15) is 24.0 Å². The van der Waals surface area contributed by atoms with Gasteiger partial charge in [0.05, 0.1) is 47.7 Å². The van der Waals surface area contributed by atoms with Crippen LogP contribution in [0.5, 0.6) is 11.8 Å². The summed E-state index contributed by atoms with van der Waals surface area (Å²) in [7, 11) is 3.14. The molecule has 10 nitrogen and oxygen atoms in total. The number of nitrogens with one attached hydrogen (secondary N) is 4. The van der Waals surface area contributed by atoms with Crippen molar-refractivity contribution in [2.45, 2.75) is 38.0 Å². The molecule has 6 rings (SSSR count). The number of rotatable bonds is 11. The third-order valence-electron chi connectivity index (χ3n) is 8.28. The van der Waals surface area contributed by atoms with Crippen LogP contribution < -0.4 is 30.7 Å². The first-order valence-corrected chi connectivity index (χ1v) is 15.8. The highest BCUT2D eigenvalue weighted by Gasteiger charge is 2.25. The van der Waals surface area contributed by atoms with Crippen molar-refractivity contribution < 1.29 is 19.1 Å². The molecule has 0 saturated carbocycles. The highest BCUT2D eigenvalue weighted by Crippen LogP contribution is 2.42. The topological polar surface area (TPSA) is 126 Å². The van der Waals surface area contributed by atoms with Crippen molar-refractivity contribution in [3.8, 4) is 45.4 Å². The van der Waals surface area contributed by atoms with Crippen LogP contribution in [0.4, 0.5) is 0 Å². The lowest BCUT2D eigenvalue weighted by Crippen LogP contribution is -2.35. The number of aromatic nitrogens is 2. The Balaban J connectivity index is 1.26. The molecule has 4 aromatic rings. The number of hydrogen-bond acceptors (Lipinski definition) is 8. The van der Waals surface area contributed by atoms with E-state index in [1.54, 1.807) is 14.2 Å². The van der Waals surface area contributed by atoms with Gasteiger partial charge >= 0.3 is 0 Å². The van der Waals surface area contributed by atoms with E-state index in [0.717, 1.165) is 46.2 Å². The molecule has 2 fully saturated rings. The maximum atomic E-state index is 12.0. The van der Waals surface area contributed by atoms with Crippen LogP contribution in [-0.4, -0.2) is 61.2 Å². The lowest BCUT2D eigenvalue weighted by Gasteiger charge is -2.16. The number of methoxy groups -OCH3 is 2. The second-order valence-corrected chi connectivity index (χ2v) is 11.8. The Kier molecular flexibility index (Phi) is 9.70. The second kappa shape index (κ2) is 14.0. The largest absolute Gasteiger partial charge is 0.481 e. The van der Waals surface area contributed by atoms with Crippen LogP contribution in [0.25, 0.3) is 33.6 Å². The summed E-state index contributed by atoms with van der Waals surface area (Å²) in [5.41, 5.74) is 5.89. The molecule has 46 heavy (non-hydrogen) atoms. The summed E-state index contributed by atoms with van der Waals surface area (Å²) in [5.74, 6) is 0.917. The van der Waals surface area contributed by atoms with Crippen molar-refractivity contribution in [2.75, 3.05) is 27.3 Å². The Morgan fingerprint density at radius 2 is 1.09 bits per heavy atom. The van der Waals surface area contributed by atoms with Gasteiger partial charge in [-0.3, -0.25) is 9.59 Å². The molecule has 0 unspecified atom stereocenters. The first-order valence-electron chi connectivity index (χ1n) is 15.1. The minimum absolute atomic E-state index is 0.00496. The molecular weight excluding hydrogens is 627 g/mol. The van der Waals surface area contributed by atoms with Crippen molar-refractivity contribution in [3.05, 3.63) is 81.8 Å². The SMILES string of the molecule is COc1nc(-c2cccc(-c3cccc(-c4ccc(CN[C@H]5CCNC5=O)c(OC)n4)c3Cl)c2Cl)ccc1CN[C@H]1CCNC1=O. The van der Waals surface area contributed by atoms with Gasteiger partial charge in [0.25, 0.3) is 0 Å². The van der Waals surface area contributed by atoms with E-state index >= 15 is 0 Å². The Morgan fingerprint density at radius 3 is 1.46 bits per heavy atom. The van der Waals surface area contributed by atoms with Crippen molar-refractivity contribution in [3.63, 3.8) is 0 Å². The number of carbonyl (C=O) groups is 2. The minimum atomic E-state index is -0.228. The van der Waals surface area contributed by atoms with Gasteiger partial charge in [-0.05, 0) is 25.0 Å². The van der Waals surface area contributed by atoms with Crippen molar-refractivity contribution in [1.82, 2.24) is 31.2 Å². The molecule has 0 radical (unpaired) electrons. The van der Waals surface area contributed by atoms with Gasteiger partial charge in [-0.15, -0.1) is 0 Å². The predicted octanol–water partition coefficient (Wildman–Crippen LogP) is 4.76. The standard InChI is InChI=1S/C34H34Cl2N6O4/c1-45-33-19(17-39-27-13-15-37-31(27)43)9-11-25(41-33)23-7-3-5-21(29(23)35)22-6-4-8-24(30(22)36)26-12-10-20(34(42-26)46-2)18-40-28-14-16-38-32(28)44/h3-12,27-28,39-40H,13-18H2,1-2H3,(H,37,43)(H,38,44)/t27-,28-/m0/s1. The molecule has 0 spiro atoms. The number of halogens is 2. The zero-order valence-electron chi connectivity index (χ0n) is 25.5. The smallest absolute Gasteiger partial charge is 0.237 e. The lowest BCUT2D eigenvalue weighted by molar-refractivity contribution is -0.121. The fraction of sp³-hybridized carbons (Fsp3) is 0.294. The Morgan fingerprint density at radius 1 is 0.674 bits per heavy atom. The number of carbonyl (C=O) groups excluding carboxylic acids is 2. The van der Waals surface area contributed by atoms with E-state index in [1.807, 2.05) is 60.7 Å². The van der Waals surface area contributed by atoms with E-state index in [9.17, 15) is 9.59 Å². The van der Waals surface area contributed by atoms with Gasteiger partial charge in [-0.2, -0.15) is 0 Å². The Bertz CT molecular complexity index is 1660. The predicted molar refractivity (Wildman–Crippen MR) is 178 cm³/mol. The molecule has 2 aromatic heterocycles. The Hall–Kier alpha value is -4.22. The maximum absolute atomic E-state index is 12.0. The van der Waals surface area contributed by atoms with Gasteiger partial charge in [0.1, 0.15) is 0 Å². The van der Waals surface area contributed by atoms with Crippen LogP contribution in [-0.2, 0) is 22.7 Å². The van der Waals surface area contributed by atoms with Crippen LogP contribution in [0.2, 0.25) is 10.0 Å². The van der Waals surface area contributed by atoms with Crippen LogP contribution in [0.15, 0.2) is 60.7 Å². The number of ether oxygens (including phenoxy) is 2. The van der Waals surface area contributed by atoms with E-state index < -0.39 is 0 Å².